The number of hydrogen-bond donors (Lipinski definition) is 1. The van der Waals surface area contributed by atoms with Gasteiger partial charge in [0.05, 0.1) is 12.6 Å². The Balaban J connectivity index is 1.55. The van der Waals surface area contributed by atoms with Crippen molar-refractivity contribution in [2.24, 2.45) is 0 Å². The van der Waals surface area contributed by atoms with Crippen molar-refractivity contribution in [3.05, 3.63) is 29.3 Å². The molecule has 1 fully saturated rings. The van der Waals surface area contributed by atoms with Crippen molar-refractivity contribution in [2.45, 2.75) is 18.9 Å². The summed E-state index contributed by atoms with van der Waals surface area (Å²) < 4.78 is 11.0. The largest absolute Gasteiger partial charge is 0.481 e. The summed E-state index contributed by atoms with van der Waals surface area (Å²) >= 11 is 5.78. The molecule has 0 bridgehead atoms. The van der Waals surface area contributed by atoms with Crippen LogP contribution in [0.2, 0.25) is 5.02 Å². The van der Waals surface area contributed by atoms with Crippen LogP contribution in [0.1, 0.15) is 12.8 Å². The summed E-state index contributed by atoms with van der Waals surface area (Å²) in [5, 5.41) is 3.97. The minimum atomic E-state index is 0.368. The highest BCUT2D eigenvalue weighted by Crippen LogP contribution is 2.15. The van der Waals surface area contributed by atoms with Crippen molar-refractivity contribution in [1.29, 1.82) is 0 Å². The third-order valence-corrected chi connectivity index (χ3v) is 3.11. The molecule has 1 N–H and O–H groups in total. The monoisotopic (exact) mass is 279 g/mol. The van der Waals surface area contributed by atoms with Crippen LogP contribution in [0, 0.1) is 11.8 Å². The highest BCUT2D eigenvalue weighted by atomic mass is 35.5. The second kappa shape index (κ2) is 8.06. The van der Waals surface area contributed by atoms with E-state index in [0.29, 0.717) is 24.3 Å². The van der Waals surface area contributed by atoms with Crippen LogP contribution in [-0.2, 0) is 4.74 Å². The molecular formula is C15H18ClNO2. The normalized spacial score (nSPS) is 17.8. The van der Waals surface area contributed by atoms with Gasteiger partial charge in [-0.2, -0.15) is 0 Å². The molecule has 2 rings (SSSR count). The zero-order chi connectivity index (χ0) is 13.3. The molecule has 1 aromatic rings. The van der Waals surface area contributed by atoms with Gasteiger partial charge < -0.3 is 14.8 Å². The topological polar surface area (TPSA) is 30.5 Å². The molecule has 19 heavy (non-hydrogen) atoms. The summed E-state index contributed by atoms with van der Waals surface area (Å²) in [7, 11) is 0. The van der Waals surface area contributed by atoms with Crippen molar-refractivity contribution in [3.63, 3.8) is 0 Å². The van der Waals surface area contributed by atoms with E-state index in [9.17, 15) is 0 Å². The van der Waals surface area contributed by atoms with Crippen molar-refractivity contribution < 1.29 is 9.47 Å². The fourth-order valence-corrected chi connectivity index (χ4v) is 1.99. The van der Waals surface area contributed by atoms with Gasteiger partial charge in [0, 0.05) is 18.2 Å². The molecule has 102 valence electrons. The lowest BCUT2D eigenvalue weighted by Gasteiger charge is -2.07. The number of nitrogens with one attached hydrogen (secondary N) is 1. The minimum Gasteiger partial charge on any atom is -0.481 e. The molecular weight excluding hydrogens is 262 g/mol. The molecule has 0 amide bonds. The van der Waals surface area contributed by atoms with Gasteiger partial charge in [-0.15, -0.1) is 0 Å². The maximum Gasteiger partial charge on any atom is 0.149 e. The van der Waals surface area contributed by atoms with Crippen LogP contribution in [0.4, 0.5) is 0 Å². The molecule has 0 radical (unpaired) electrons. The summed E-state index contributed by atoms with van der Waals surface area (Å²) in [6.07, 6.45) is 2.69. The van der Waals surface area contributed by atoms with Crippen LogP contribution < -0.4 is 10.1 Å². The summed E-state index contributed by atoms with van der Waals surface area (Å²) in [4.78, 5) is 0. The summed E-state index contributed by atoms with van der Waals surface area (Å²) in [5.74, 6) is 6.77. The Kier molecular flexibility index (Phi) is 6.03. The molecule has 1 atom stereocenters. The summed E-state index contributed by atoms with van der Waals surface area (Å²) in [6.45, 7) is 2.84. The van der Waals surface area contributed by atoms with E-state index >= 15 is 0 Å². The van der Waals surface area contributed by atoms with E-state index in [2.05, 4.69) is 17.2 Å². The Hall–Kier alpha value is -1.21. The highest BCUT2D eigenvalue weighted by Gasteiger charge is 2.13. The molecule has 0 aromatic heterocycles. The van der Waals surface area contributed by atoms with Gasteiger partial charge in [-0.1, -0.05) is 23.4 Å². The van der Waals surface area contributed by atoms with E-state index in [-0.39, 0.29) is 0 Å². The number of ether oxygens (including phenoxy) is 2. The Labute approximate surface area is 119 Å². The van der Waals surface area contributed by atoms with Crippen LogP contribution >= 0.6 is 11.6 Å². The first kappa shape index (κ1) is 14.2. The van der Waals surface area contributed by atoms with Gasteiger partial charge in [0.2, 0.25) is 0 Å². The van der Waals surface area contributed by atoms with Gasteiger partial charge in [0.25, 0.3) is 0 Å². The van der Waals surface area contributed by atoms with E-state index in [1.54, 1.807) is 12.1 Å². The van der Waals surface area contributed by atoms with Gasteiger partial charge in [0.15, 0.2) is 0 Å². The zero-order valence-electron chi connectivity index (χ0n) is 10.8. The second-order valence-corrected chi connectivity index (χ2v) is 4.80. The maximum absolute atomic E-state index is 5.78. The minimum absolute atomic E-state index is 0.368. The lowest BCUT2D eigenvalue weighted by atomic mass is 10.2. The lowest BCUT2D eigenvalue weighted by Crippen LogP contribution is -2.26. The Bertz CT molecular complexity index is 430. The molecule has 1 aromatic carbocycles. The number of hydrogen-bond acceptors (Lipinski definition) is 3. The van der Waals surface area contributed by atoms with Crippen LogP contribution in [0.25, 0.3) is 0 Å². The van der Waals surface area contributed by atoms with Crippen LogP contribution in [0.15, 0.2) is 24.3 Å². The molecule has 0 saturated carbocycles. The van der Waals surface area contributed by atoms with Crippen molar-refractivity contribution in [2.75, 3.05) is 26.3 Å². The van der Waals surface area contributed by atoms with E-state index in [4.69, 9.17) is 21.1 Å². The van der Waals surface area contributed by atoms with Gasteiger partial charge in [-0.25, -0.2) is 0 Å². The Morgan fingerprint density at radius 3 is 2.89 bits per heavy atom. The van der Waals surface area contributed by atoms with Gasteiger partial charge in [0.1, 0.15) is 12.4 Å². The Morgan fingerprint density at radius 1 is 1.32 bits per heavy atom. The van der Waals surface area contributed by atoms with Gasteiger partial charge in [-0.3, -0.25) is 0 Å². The second-order valence-electron chi connectivity index (χ2n) is 4.36. The molecule has 1 unspecified atom stereocenters. The molecule has 0 aliphatic carbocycles. The Morgan fingerprint density at radius 2 is 2.16 bits per heavy atom. The quantitative estimate of drug-likeness (QED) is 0.664. The van der Waals surface area contributed by atoms with E-state index in [1.165, 1.54) is 6.42 Å². The number of halogens is 1. The number of rotatable bonds is 5. The first-order valence-corrected chi connectivity index (χ1v) is 6.89. The van der Waals surface area contributed by atoms with Gasteiger partial charge >= 0.3 is 0 Å². The van der Waals surface area contributed by atoms with Crippen molar-refractivity contribution in [3.8, 4) is 17.6 Å². The van der Waals surface area contributed by atoms with E-state index in [0.717, 1.165) is 25.3 Å². The predicted molar refractivity (Wildman–Crippen MR) is 76.6 cm³/mol. The first-order chi connectivity index (χ1) is 9.34. The first-order valence-electron chi connectivity index (χ1n) is 6.51. The predicted octanol–water partition coefficient (Wildman–Crippen LogP) is 2.49. The van der Waals surface area contributed by atoms with E-state index in [1.807, 2.05) is 12.1 Å². The third-order valence-electron chi connectivity index (χ3n) is 2.86. The maximum atomic E-state index is 5.78. The fourth-order valence-electron chi connectivity index (χ4n) is 1.86. The van der Waals surface area contributed by atoms with Crippen LogP contribution in [0.3, 0.4) is 0 Å². The summed E-state index contributed by atoms with van der Waals surface area (Å²) in [5.41, 5.74) is 0. The highest BCUT2D eigenvalue weighted by molar-refractivity contribution is 6.30. The standard InChI is InChI=1S/C15H18ClNO2/c16-13-5-7-14(8-6-13)18-10-2-1-9-17-12-15-4-3-11-19-15/h5-8,15,17H,3-4,9-12H2. The number of benzene rings is 1. The third kappa shape index (κ3) is 5.52. The molecule has 0 spiro atoms. The lowest BCUT2D eigenvalue weighted by molar-refractivity contribution is 0.111. The molecule has 1 saturated heterocycles. The molecule has 1 aliphatic rings. The van der Waals surface area contributed by atoms with Gasteiger partial charge in [-0.05, 0) is 37.1 Å². The molecule has 4 heteroatoms. The zero-order valence-corrected chi connectivity index (χ0v) is 11.6. The average Bonchev–Trinajstić information content (AvgIpc) is 2.93. The summed E-state index contributed by atoms with van der Waals surface area (Å²) in [6, 6.07) is 7.26. The smallest absolute Gasteiger partial charge is 0.149 e. The van der Waals surface area contributed by atoms with Crippen molar-refractivity contribution in [1.82, 2.24) is 5.32 Å². The van der Waals surface area contributed by atoms with Crippen LogP contribution in [0.5, 0.6) is 5.75 Å². The molecule has 1 aliphatic heterocycles. The van der Waals surface area contributed by atoms with E-state index < -0.39 is 0 Å². The van der Waals surface area contributed by atoms with Crippen molar-refractivity contribution >= 4 is 11.6 Å². The average molecular weight is 280 g/mol. The fraction of sp³-hybridized carbons (Fsp3) is 0.467. The SMILES string of the molecule is Clc1ccc(OCC#CCNCC2CCCO2)cc1. The van der Waals surface area contributed by atoms with Crippen LogP contribution in [-0.4, -0.2) is 32.4 Å². The molecule has 1 heterocycles. The molecule has 3 nitrogen and oxygen atoms in total.